The minimum absolute atomic E-state index is 0.603. The number of nitrogens with zero attached hydrogens (tertiary/aromatic N) is 1. The third-order valence-electron chi connectivity index (χ3n) is 5.33. The molecule has 1 atom stereocenters. The van der Waals surface area contributed by atoms with Gasteiger partial charge in [0.2, 0.25) is 0 Å². The molecule has 0 spiro atoms. The molecule has 3 nitrogen and oxygen atoms in total. The fourth-order valence-electron chi connectivity index (χ4n) is 4.32. The zero-order chi connectivity index (χ0) is 14.1. The van der Waals surface area contributed by atoms with E-state index >= 15 is 0 Å². The lowest BCUT2D eigenvalue weighted by Crippen LogP contribution is -2.46. The van der Waals surface area contributed by atoms with E-state index in [0.29, 0.717) is 6.04 Å². The van der Waals surface area contributed by atoms with Crippen molar-refractivity contribution in [3.63, 3.8) is 0 Å². The van der Waals surface area contributed by atoms with Gasteiger partial charge in [-0.1, -0.05) is 31.0 Å². The van der Waals surface area contributed by atoms with E-state index in [4.69, 9.17) is 0 Å². The summed E-state index contributed by atoms with van der Waals surface area (Å²) in [5.74, 6) is 0.835. The van der Waals surface area contributed by atoms with Crippen LogP contribution in [0, 0.1) is 5.92 Å². The van der Waals surface area contributed by atoms with Crippen LogP contribution in [0.4, 0.5) is 0 Å². The molecule has 0 amide bonds. The molecular weight excluding hydrogens is 258 g/mol. The van der Waals surface area contributed by atoms with Gasteiger partial charge in [0, 0.05) is 49.3 Å². The topological polar surface area (TPSA) is 31.1 Å². The van der Waals surface area contributed by atoms with Gasteiger partial charge in [0.25, 0.3) is 0 Å². The number of nitrogens with one attached hydrogen (secondary N) is 2. The van der Waals surface area contributed by atoms with E-state index < -0.39 is 0 Å². The highest BCUT2D eigenvalue weighted by molar-refractivity contribution is 5.83. The number of H-pyrrole nitrogens is 1. The third kappa shape index (κ3) is 2.49. The van der Waals surface area contributed by atoms with Gasteiger partial charge < -0.3 is 10.3 Å². The summed E-state index contributed by atoms with van der Waals surface area (Å²) in [6.07, 6.45) is 7.89. The van der Waals surface area contributed by atoms with E-state index in [2.05, 4.69) is 45.7 Å². The van der Waals surface area contributed by atoms with Crippen LogP contribution in [0.1, 0.15) is 37.3 Å². The number of hydrogen-bond donors (Lipinski definition) is 2. The zero-order valence-corrected chi connectivity index (χ0v) is 12.6. The zero-order valence-electron chi connectivity index (χ0n) is 12.6. The second-order valence-corrected chi connectivity index (χ2v) is 6.56. The quantitative estimate of drug-likeness (QED) is 0.905. The Morgan fingerprint density at radius 3 is 2.62 bits per heavy atom. The summed E-state index contributed by atoms with van der Waals surface area (Å²) in [6, 6.07) is 9.38. The van der Waals surface area contributed by atoms with Crippen molar-refractivity contribution in [1.82, 2.24) is 15.2 Å². The van der Waals surface area contributed by atoms with Gasteiger partial charge in [0.05, 0.1) is 0 Å². The molecule has 1 aromatic carbocycles. The van der Waals surface area contributed by atoms with Gasteiger partial charge in [-0.3, -0.25) is 4.90 Å². The van der Waals surface area contributed by atoms with Crippen LogP contribution in [0.3, 0.4) is 0 Å². The lowest BCUT2D eigenvalue weighted by atomic mass is 9.89. The van der Waals surface area contributed by atoms with E-state index in [1.165, 1.54) is 55.2 Å². The molecule has 2 fully saturated rings. The second-order valence-electron chi connectivity index (χ2n) is 6.56. The van der Waals surface area contributed by atoms with E-state index in [0.717, 1.165) is 19.0 Å². The first kappa shape index (κ1) is 13.4. The fourth-order valence-corrected chi connectivity index (χ4v) is 4.32. The fraction of sp³-hybridized carbons (Fsp3) is 0.556. The summed E-state index contributed by atoms with van der Waals surface area (Å²) < 4.78 is 0. The molecule has 0 unspecified atom stereocenters. The summed E-state index contributed by atoms with van der Waals surface area (Å²) in [6.45, 7) is 4.62. The Morgan fingerprint density at radius 2 is 1.81 bits per heavy atom. The molecule has 2 aromatic rings. The molecule has 1 aliphatic carbocycles. The van der Waals surface area contributed by atoms with Gasteiger partial charge in [-0.25, -0.2) is 0 Å². The largest absolute Gasteiger partial charge is 0.361 e. The molecule has 21 heavy (non-hydrogen) atoms. The molecule has 1 aromatic heterocycles. The third-order valence-corrected chi connectivity index (χ3v) is 5.33. The molecule has 2 heterocycles. The van der Waals surface area contributed by atoms with Gasteiger partial charge in [-0.15, -0.1) is 0 Å². The summed E-state index contributed by atoms with van der Waals surface area (Å²) in [5, 5.41) is 4.92. The minimum atomic E-state index is 0.603. The molecule has 1 saturated carbocycles. The van der Waals surface area contributed by atoms with Gasteiger partial charge in [-0.05, 0) is 30.4 Å². The van der Waals surface area contributed by atoms with Crippen LogP contribution in [0.25, 0.3) is 10.9 Å². The van der Waals surface area contributed by atoms with Crippen LogP contribution in [0.2, 0.25) is 0 Å². The summed E-state index contributed by atoms with van der Waals surface area (Å²) >= 11 is 0. The number of aromatic amines is 1. The second kappa shape index (κ2) is 5.82. The van der Waals surface area contributed by atoms with Gasteiger partial charge in [0.15, 0.2) is 0 Å². The molecule has 1 aliphatic heterocycles. The highest BCUT2D eigenvalue weighted by atomic mass is 15.2. The first-order valence-electron chi connectivity index (χ1n) is 8.44. The Hall–Kier alpha value is -1.32. The van der Waals surface area contributed by atoms with E-state index in [9.17, 15) is 0 Å². The van der Waals surface area contributed by atoms with E-state index in [1.54, 1.807) is 0 Å². The van der Waals surface area contributed by atoms with Crippen molar-refractivity contribution >= 4 is 10.9 Å². The number of benzene rings is 1. The molecule has 1 saturated heterocycles. The van der Waals surface area contributed by atoms with Crippen LogP contribution in [-0.4, -0.2) is 36.1 Å². The summed E-state index contributed by atoms with van der Waals surface area (Å²) in [5.41, 5.74) is 2.81. The predicted molar refractivity (Wildman–Crippen MR) is 87.4 cm³/mol. The Labute approximate surface area is 126 Å². The van der Waals surface area contributed by atoms with Crippen molar-refractivity contribution in [2.24, 2.45) is 5.92 Å². The van der Waals surface area contributed by atoms with Gasteiger partial charge in [-0.2, -0.15) is 0 Å². The van der Waals surface area contributed by atoms with Crippen LogP contribution in [0.5, 0.6) is 0 Å². The van der Waals surface area contributed by atoms with Crippen LogP contribution in [0.15, 0.2) is 30.5 Å². The Balaban J connectivity index is 1.73. The molecule has 0 bridgehead atoms. The van der Waals surface area contributed by atoms with Gasteiger partial charge in [0.1, 0.15) is 0 Å². The minimum Gasteiger partial charge on any atom is -0.361 e. The van der Waals surface area contributed by atoms with E-state index in [-0.39, 0.29) is 0 Å². The first-order valence-corrected chi connectivity index (χ1v) is 8.44. The first-order chi connectivity index (χ1) is 10.4. The number of hydrogen-bond acceptors (Lipinski definition) is 2. The van der Waals surface area contributed by atoms with Crippen molar-refractivity contribution in [1.29, 1.82) is 0 Å². The molecule has 4 rings (SSSR count). The average Bonchev–Trinajstić information content (AvgIpc) is 3.20. The number of rotatable bonds is 3. The lowest BCUT2D eigenvalue weighted by molar-refractivity contribution is 0.126. The van der Waals surface area contributed by atoms with E-state index in [1.807, 2.05) is 0 Å². The molecule has 2 N–H and O–H groups in total. The molecule has 0 radical (unpaired) electrons. The number of aromatic nitrogens is 1. The molecule has 112 valence electrons. The van der Waals surface area contributed by atoms with Crippen molar-refractivity contribution in [3.05, 3.63) is 36.0 Å². The molecular formula is C18H25N3. The highest BCUT2D eigenvalue weighted by Crippen LogP contribution is 2.41. The van der Waals surface area contributed by atoms with Crippen LogP contribution in [-0.2, 0) is 0 Å². The van der Waals surface area contributed by atoms with Crippen molar-refractivity contribution in [2.75, 3.05) is 26.2 Å². The number of piperazine rings is 1. The molecule has 2 aliphatic rings. The SMILES string of the molecule is c1ccc2c([C@@H](C3CCCC3)N3CCNCC3)c[nH]c2c1. The highest BCUT2D eigenvalue weighted by Gasteiger charge is 2.33. The average molecular weight is 283 g/mol. The smallest absolute Gasteiger partial charge is 0.0457 e. The predicted octanol–water partition coefficient (Wildman–Crippen LogP) is 3.30. The summed E-state index contributed by atoms with van der Waals surface area (Å²) in [7, 11) is 0. The Morgan fingerprint density at radius 1 is 1.05 bits per heavy atom. The number of fused-ring (bicyclic) bond motifs is 1. The normalized spacial score (nSPS) is 22.9. The Kier molecular flexibility index (Phi) is 3.70. The Bertz CT molecular complexity index is 591. The summed E-state index contributed by atoms with van der Waals surface area (Å²) in [4.78, 5) is 6.21. The maximum atomic E-state index is 3.49. The van der Waals surface area contributed by atoms with Gasteiger partial charge >= 0.3 is 0 Å². The standard InChI is InChI=1S/C18H25N3/c1-2-6-14(5-1)18(21-11-9-19-10-12-21)16-13-20-17-8-4-3-7-15(16)17/h3-4,7-8,13-14,18-20H,1-2,5-6,9-12H2/t18-/m1/s1. The van der Waals surface area contributed by atoms with Crippen molar-refractivity contribution in [3.8, 4) is 0 Å². The van der Waals surface area contributed by atoms with Crippen LogP contribution >= 0.6 is 0 Å². The van der Waals surface area contributed by atoms with Crippen molar-refractivity contribution in [2.45, 2.75) is 31.7 Å². The van der Waals surface area contributed by atoms with Crippen LogP contribution < -0.4 is 5.32 Å². The monoisotopic (exact) mass is 283 g/mol. The number of para-hydroxylation sites is 1. The maximum Gasteiger partial charge on any atom is 0.0457 e. The molecule has 3 heteroatoms. The maximum absolute atomic E-state index is 3.49. The lowest BCUT2D eigenvalue weighted by Gasteiger charge is -2.38. The van der Waals surface area contributed by atoms with Crippen molar-refractivity contribution < 1.29 is 0 Å².